The minimum atomic E-state index is 0.0593. The Kier molecular flexibility index (Phi) is 3.21. The summed E-state index contributed by atoms with van der Waals surface area (Å²) in [6, 6.07) is 8.08. The predicted molar refractivity (Wildman–Crippen MR) is 75.3 cm³/mol. The zero-order valence-electron chi connectivity index (χ0n) is 10.5. The van der Waals surface area contributed by atoms with Gasteiger partial charge in [-0.1, -0.05) is 18.2 Å². The van der Waals surface area contributed by atoms with Crippen molar-refractivity contribution >= 4 is 22.9 Å². The fourth-order valence-electron chi connectivity index (χ4n) is 2.45. The monoisotopic (exact) mass is 273 g/mol. The average molecular weight is 273 g/mol. The van der Waals surface area contributed by atoms with Crippen LogP contribution in [-0.2, 0) is 17.8 Å². The van der Waals surface area contributed by atoms with Crippen LogP contribution in [0.1, 0.15) is 12.0 Å². The molecule has 1 amide bonds. The molecule has 3 rings (SSSR count). The maximum absolute atomic E-state index is 12.4. The number of anilines is 1. The third-order valence-electron chi connectivity index (χ3n) is 3.40. The minimum absolute atomic E-state index is 0.0593. The largest absolute Gasteiger partial charge is 0.315 e. The van der Waals surface area contributed by atoms with Crippen molar-refractivity contribution in [2.75, 3.05) is 11.4 Å². The Morgan fingerprint density at radius 2 is 2.21 bits per heavy atom. The molecule has 1 aliphatic heterocycles. The summed E-state index contributed by atoms with van der Waals surface area (Å²) in [4.78, 5) is 14.7. The molecule has 0 saturated carbocycles. The molecule has 0 aliphatic carbocycles. The maximum Gasteiger partial charge on any atom is 0.247 e. The molecule has 0 spiro atoms. The van der Waals surface area contributed by atoms with E-state index in [1.54, 1.807) is 10.8 Å². The second-order valence-corrected chi connectivity index (χ2v) is 5.51. The van der Waals surface area contributed by atoms with E-state index in [9.17, 15) is 4.79 Å². The molecule has 19 heavy (non-hydrogen) atoms. The minimum Gasteiger partial charge on any atom is -0.315 e. The maximum atomic E-state index is 12.4. The SMILES string of the molecule is N=c1sccn1CC(=O)N1CCCc2ccccc21. The number of amides is 1. The van der Waals surface area contributed by atoms with Gasteiger partial charge in [-0.25, -0.2) is 0 Å². The molecule has 2 heterocycles. The average Bonchev–Trinajstić information content (AvgIpc) is 2.83. The zero-order valence-corrected chi connectivity index (χ0v) is 11.3. The Morgan fingerprint density at radius 3 is 3.00 bits per heavy atom. The summed E-state index contributed by atoms with van der Waals surface area (Å²) in [7, 11) is 0. The number of aromatic nitrogens is 1. The molecule has 2 aromatic rings. The molecular formula is C14H15N3OS. The van der Waals surface area contributed by atoms with Gasteiger partial charge < -0.3 is 9.47 Å². The number of rotatable bonds is 2. The lowest BCUT2D eigenvalue weighted by atomic mass is 10.0. The van der Waals surface area contributed by atoms with Crippen molar-refractivity contribution in [3.63, 3.8) is 0 Å². The van der Waals surface area contributed by atoms with Gasteiger partial charge in [0, 0.05) is 23.8 Å². The lowest BCUT2D eigenvalue weighted by Gasteiger charge is -2.29. The number of carbonyl (C=O) groups is 1. The van der Waals surface area contributed by atoms with E-state index in [0.717, 1.165) is 25.1 Å². The third-order valence-corrected chi connectivity index (χ3v) is 4.11. The fraction of sp³-hybridized carbons (Fsp3) is 0.286. The normalized spacial score (nSPS) is 14.2. The number of para-hydroxylation sites is 1. The van der Waals surface area contributed by atoms with E-state index in [1.165, 1.54) is 16.9 Å². The lowest BCUT2D eigenvalue weighted by Crippen LogP contribution is -2.38. The molecule has 0 fully saturated rings. The number of hydrogen-bond donors (Lipinski definition) is 1. The first-order valence-electron chi connectivity index (χ1n) is 6.32. The van der Waals surface area contributed by atoms with E-state index in [0.29, 0.717) is 4.80 Å². The molecule has 1 aliphatic rings. The van der Waals surface area contributed by atoms with Gasteiger partial charge in [0.2, 0.25) is 5.91 Å². The van der Waals surface area contributed by atoms with Crippen LogP contribution in [0.15, 0.2) is 35.8 Å². The van der Waals surface area contributed by atoms with E-state index in [2.05, 4.69) is 6.07 Å². The molecule has 0 radical (unpaired) electrons. The number of thiazole rings is 1. The molecule has 0 unspecified atom stereocenters. The van der Waals surface area contributed by atoms with Gasteiger partial charge in [-0.3, -0.25) is 10.2 Å². The standard InChI is InChI=1S/C14H15N3OS/c15-14-16(8-9-19-14)10-13(18)17-7-3-5-11-4-1-2-6-12(11)17/h1-2,4,6,8-9,15H,3,5,7,10H2. The summed E-state index contributed by atoms with van der Waals surface area (Å²) in [5, 5.41) is 9.55. The molecule has 0 atom stereocenters. The van der Waals surface area contributed by atoms with Crippen LogP contribution in [0.2, 0.25) is 0 Å². The lowest BCUT2D eigenvalue weighted by molar-refractivity contribution is -0.119. The third kappa shape index (κ3) is 2.33. The summed E-state index contributed by atoms with van der Waals surface area (Å²) >= 11 is 1.34. The number of nitrogens with zero attached hydrogens (tertiary/aromatic N) is 2. The first-order valence-corrected chi connectivity index (χ1v) is 7.20. The first-order chi connectivity index (χ1) is 9.25. The number of fused-ring (bicyclic) bond motifs is 1. The van der Waals surface area contributed by atoms with Gasteiger partial charge >= 0.3 is 0 Å². The molecule has 5 heteroatoms. The Bertz CT molecular complexity index is 658. The highest BCUT2D eigenvalue weighted by atomic mass is 32.1. The Balaban J connectivity index is 1.86. The summed E-state index contributed by atoms with van der Waals surface area (Å²) in [5.41, 5.74) is 2.27. The molecule has 4 nitrogen and oxygen atoms in total. The predicted octanol–water partition coefficient (Wildman–Crippen LogP) is 2.01. The van der Waals surface area contributed by atoms with Gasteiger partial charge in [0.25, 0.3) is 0 Å². The van der Waals surface area contributed by atoms with E-state index in [1.807, 2.05) is 28.5 Å². The summed E-state index contributed by atoms with van der Waals surface area (Å²) < 4.78 is 1.68. The van der Waals surface area contributed by atoms with Crippen molar-refractivity contribution < 1.29 is 4.79 Å². The zero-order chi connectivity index (χ0) is 13.2. The van der Waals surface area contributed by atoms with Crippen molar-refractivity contribution in [1.82, 2.24) is 4.57 Å². The molecule has 1 aromatic carbocycles. The number of benzene rings is 1. The highest BCUT2D eigenvalue weighted by Gasteiger charge is 2.22. The second kappa shape index (κ2) is 5.01. The number of hydrogen-bond acceptors (Lipinski definition) is 3. The molecule has 0 bridgehead atoms. The summed E-state index contributed by atoms with van der Waals surface area (Å²) in [5.74, 6) is 0.0593. The molecule has 0 saturated heterocycles. The Hall–Kier alpha value is -1.88. The second-order valence-electron chi connectivity index (χ2n) is 4.61. The van der Waals surface area contributed by atoms with Gasteiger partial charge in [-0.15, -0.1) is 11.3 Å². The van der Waals surface area contributed by atoms with E-state index >= 15 is 0 Å². The van der Waals surface area contributed by atoms with Crippen LogP contribution in [-0.4, -0.2) is 17.0 Å². The highest BCUT2D eigenvalue weighted by molar-refractivity contribution is 7.06. The number of nitrogens with one attached hydrogen (secondary N) is 1. The van der Waals surface area contributed by atoms with Gasteiger partial charge in [-0.05, 0) is 24.5 Å². The summed E-state index contributed by atoms with van der Waals surface area (Å²) in [6.45, 7) is 1.02. The van der Waals surface area contributed by atoms with Crippen LogP contribution in [0.3, 0.4) is 0 Å². The summed E-state index contributed by atoms with van der Waals surface area (Å²) in [6.07, 6.45) is 3.83. The van der Waals surface area contributed by atoms with Crippen molar-refractivity contribution in [1.29, 1.82) is 5.41 Å². The fourth-order valence-corrected chi connectivity index (χ4v) is 3.05. The van der Waals surface area contributed by atoms with Gasteiger partial charge in [0.05, 0.1) is 0 Å². The van der Waals surface area contributed by atoms with E-state index in [-0.39, 0.29) is 12.5 Å². The molecule has 1 N–H and O–H groups in total. The Labute approximate surface area is 115 Å². The van der Waals surface area contributed by atoms with Crippen LogP contribution in [0.25, 0.3) is 0 Å². The van der Waals surface area contributed by atoms with Crippen LogP contribution >= 0.6 is 11.3 Å². The van der Waals surface area contributed by atoms with E-state index in [4.69, 9.17) is 5.41 Å². The molecule has 1 aromatic heterocycles. The van der Waals surface area contributed by atoms with Gasteiger partial charge in [-0.2, -0.15) is 0 Å². The van der Waals surface area contributed by atoms with Crippen LogP contribution < -0.4 is 9.70 Å². The van der Waals surface area contributed by atoms with Crippen molar-refractivity contribution in [3.05, 3.63) is 46.2 Å². The van der Waals surface area contributed by atoms with Crippen LogP contribution in [0, 0.1) is 5.41 Å². The van der Waals surface area contributed by atoms with Gasteiger partial charge in [0.15, 0.2) is 4.80 Å². The quantitative estimate of drug-likeness (QED) is 0.894. The highest BCUT2D eigenvalue weighted by Crippen LogP contribution is 2.26. The first kappa shape index (κ1) is 12.2. The smallest absolute Gasteiger partial charge is 0.247 e. The van der Waals surface area contributed by atoms with Crippen LogP contribution in [0.4, 0.5) is 5.69 Å². The van der Waals surface area contributed by atoms with Crippen molar-refractivity contribution in [3.8, 4) is 0 Å². The van der Waals surface area contributed by atoms with Crippen LogP contribution in [0.5, 0.6) is 0 Å². The number of aryl methyl sites for hydroxylation is 1. The Morgan fingerprint density at radius 1 is 1.37 bits per heavy atom. The molecule has 98 valence electrons. The van der Waals surface area contributed by atoms with Crippen molar-refractivity contribution in [2.45, 2.75) is 19.4 Å². The topological polar surface area (TPSA) is 49.1 Å². The van der Waals surface area contributed by atoms with Gasteiger partial charge in [0.1, 0.15) is 6.54 Å². The van der Waals surface area contributed by atoms with Crippen molar-refractivity contribution in [2.24, 2.45) is 0 Å². The van der Waals surface area contributed by atoms with E-state index < -0.39 is 0 Å². The molecular weight excluding hydrogens is 258 g/mol. The number of carbonyl (C=O) groups excluding carboxylic acids is 1.